The van der Waals surface area contributed by atoms with Crippen LogP contribution in [0.5, 0.6) is 0 Å². The average molecular weight is 201 g/mol. The summed E-state index contributed by atoms with van der Waals surface area (Å²) in [6.45, 7) is 0.766. The number of halogens is 1. The highest BCUT2D eigenvalue weighted by Crippen LogP contribution is 2.26. The first-order valence-electron chi connectivity index (χ1n) is 4.67. The van der Waals surface area contributed by atoms with Crippen molar-refractivity contribution in [3.63, 3.8) is 0 Å². The van der Waals surface area contributed by atoms with Crippen molar-refractivity contribution in [2.45, 2.75) is 25.4 Å². The molecule has 13 heavy (non-hydrogen) atoms. The quantitative estimate of drug-likeness (QED) is 0.606. The van der Waals surface area contributed by atoms with Gasteiger partial charge in [0.1, 0.15) is 6.10 Å². The van der Waals surface area contributed by atoms with Crippen LogP contribution in [0, 0.1) is 0 Å². The van der Waals surface area contributed by atoms with Crippen LogP contribution in [0.25, 0.3) is 0 Å². The molecule has 2 aliphatic heterocycles. The molecule has 0 aliphatic carbocycles. The Kier molecular flexibility index (Phi) is 2.79. The SMILES string of the molecule is ClCC1C=CC2=C(OCCCC2)O1. The molecule has 0 aromatic rings. The normalized spacial score (nSPS) is 27.3. The van der Waals surface area contributed by atoms with E-state index >= 15 is 0 Å². The molecule has 1 atom stereocenters. The fourth-order valence-corrected chi connectivity index (χ4v) is 1.69. The van der Waals surface area contributed by atoms with Crippen LogP contribution >= 0.6 is 11.6 Å². The zero-order valence-corrected chi connectivity index (χ0v) is 8.22. The Morgan fingerprint density at radius 3 is 3.23 bits per heavy atom. The van der Waals surface area contributed by atoms with Gasteiger partial charge < -0.3 is 9.47 Å². The molecule has 72 valence electrons. The second-order valence-electron chi connectivity index (χ2n) is 3.29. The van der Waals surface area contributed by atoms with Crippen molar-refractivity contribution in [1.82, 2.24) is 0 Å². The summed E-state index contributed by atoms with van der Waals surface area (Å²) in [4.78, 5) is 0. The molecule has 0 saturated heterocycles. The minimum absolute atomic E-state index is 0.0153. The Bertz CT molecular complexity index is 245. The predicted octanol–water partition coefficient (Wildman–Crippen LogP) is 2.59. The van der Waals surface area contributed by atoms with E-state index in [1.165, 1.54) is 12.0 Å². The van der Waals surface area contributed by atoms with Crippen molar-refractivity contribution < 1.29 is 9.47 Å². The Labute approximate surface area is 83.2 Å². The number of ether oxygens (including phenoxy) is 2. The first-order chi connectivity index (χ1) is 6.40. The number of hydrogen-bond donors (Lipinski definition) is 0. The van der Waals surface area contributed by atoms with Gasteiger partial charge in [-0.2, -0.15) is 0 Å². The van der Waals surface area contributed by atoms with Crippen LogP contribution in [0.1, 0.15) is 19.3 Å². The third-order valence-electron chi connectivity index (χ3n) is 2.26. The number of hydrogen-bond acceptors (Lipinski definition) is 2. The second kappa shape index (κ2) is 4.05. The maximum absolute atomic E-state index is 5.70. The largest absolute Gasteiger partial charge is 0.465 e. The van der Waals surface area contributed by atoms with Crippen molar-refractivity contribution in [2.24, 2.45) is 0 Å². The molecule has 1 unspecified atom stereocenters. The predicted molar refractivity (Wildman–Crippen MR) is 51.6 cm³/mol. The monoisotopic (exact) mass is 200 g/mol. The highest BCUT2D eigenvalue weighted by molar-refractivity contribution is 6.18. The lowest BCUT2D eigenvalue weighted by Gasteiger charge is -2.20. The molecular formula is C10H13ClO2. The third-order valence-corrected chi connectivity index (χ3v) is 2.56. The summed E-state index contributed by atoms with van der Waals surface area (Å²) in [5.41, 5.74) is 1.18. The summed E-state index contributed by atoms with van der Waals surface area (Å²) >= 11 is 5.70. The van der Waals surface area contributed by atoms with Crippen LogP contribution in [0.3, 0.4) is 0 Å². The summed E-state index contributed by atoms with van der Waals surface area (Å²) in [5.74, 6) is 1.18. The molecule has 3 heteroatoms. The first kappa shape index (κ1) is 8.95. The van der Waals surface area contributed by atoms with Gasteiger partial charge in [0.25, 0.3) is 5.95 Å². The van der Waals surface area contributed by atoms with Gasteiger partial charge in [0.2, 0.25) is 0 Å². The van der Waals surface area contributed by atoms with Crippen LogP contribution in [0.4, 0.5) is 0 Å². The molecule has 0 radical (unpaired) electrons. The van der Waals surface area contributed by atoms with E-state index in [0.717, 1.165) is 19.4 Å². The van der Waals surface area contributed by atoms with Crippen LogP contribution in [-0.2, 0) is 9.47 Å². The molecule has 0 aromatic carbocycles. The zero-order chi connectivity index (χ0) is 9.10. The highest BCUT2D eigenvalue weighted by Gasteiger charge is 2.19. The maximum Gasteiger partial charge on any atom is 0.283 e. The standard InChI is InChI=1S/C10H13ClO2/c11-7-9-5-4-8-3-1-2-6-12-10(8)13-9/h4-5,9H,1-3,6-7H2. The summed E-state index contributed by atoms with van der Waals surface area (Å²) < 4.78 is 11.0. The van der Waals surface area contributed by atoms with Crippen molar-refractivity contribution in [1.29, 1.82) is 0 Å². The molecule has 2 aliphatic rings. The van der Waals surface area contributed by atoms with Gasteiger partial charge in [0.15, 0.2) is 0 Å². The van der Waals surface area contributed by atoms with E-state index in [9.17, 15) is 0 Å². The van der Waals surface area contributed by atoms with Crippen molar-refractivity contribution in [3.05, 3.63) is 23.7 Å². The number of alkyl halides is 1. The molecule has 2 rings (SSSR count). The lowest BCUT2D eigenvalue weighted by Crippen LogP contribution is -2.17. The van der Waals surface area contributed by atoms with Crippen molar-refractivity contribution >= 4 is 11.6 Å². The van der Waals surface area contributed by atoms with Gasteiger partial charge in [-0.1, -0.05) is 6.08 Å². The van der Waals surface area contributed by atoms with Crippen molar-refractivity contribution in [3.8, 4) is 0 Å². The molecule has 0 spiro atoms. The van der Waals surface area contributed by atoms with Gasteiger partial charge in [-0.25, -0.2) is 0 Å². The fraction of sp³-hybridized carbons (Fsp3) is 0.600. The first-order valence-corrected chi connectivity index (χ1v) is 5.20. The Morgan fingerprint density at radius 2 is 2.38 bits per heavy atom. The molecule has 0 aromatic heterocycles. The molecule has 0 N–H and O–H groups in total. The van der Waals surface area contributed by atoms with E-state index in [1.54, 1.807) is 0 Å². The van der Waals surface area contributed by atoms with E-state index in [1.807, 2.05) is 6.08 Å². The topological polar surface area (TPSA) is 18.5 Å². The Hall–Kier alpha value is -0.630. The maximum atomic E-state index is 5.70. The van der Waals surface area contributed by atoms with Gasteiger partial charge >= 0.3 is 0 Å². The highest BCUT2D eigenvalue weighted by atomic mass is 35.5. The zero-order valence-electron chi connectivity index (χ0n) is 7.46. The summed E-state index contributed by atoms with van der Waals surface area (Å²) in [6, 6.07) is 0. The molecular weight excluding hydrogens is 188 g/mol. The number of allylic oxidation sites excluding steroid dienone is 2. The third kappa shape index (κ3) is 1.99. The molecule has 0 saturated carbocycles. The van der Waals surface area contributed by atoms with E-state index in [4.69, 9.17) is 21.1 Å². The lowest BCUT2D eigenvalue weighted by atomic mass is 10.1. The van der Waals surface area contributed by atoms with Crippen LogP contribution in [0.15, 0.2) is 23.7 Å². The van der Waals surface area contributed by atoms with Gasteiger partial charge in [-0.15, -0.1) is 11.6 Å². The molecule has 0 fully saturated rings. The minimum Gasteiger partial charge on any atom is -0.465 e. The lowest BCUT2D eigenvalue weighted by molar-refractivity contribution is 0.0141. The number of rotatable bonds is 1. The van der Waals surface area contributed by atoms with Crippen LogP contribution in [0.2, 0.25) is 0 Å². The van der Waals surface area contributed by atoms with E-state index in [0.29, 0.717) is 11.8 Å². The average Bonchev–Trinajstić information content (AvgIpc) is 2.41. The van der Waals surface area contributed by atoms with E-state index < -0.39 is 0 Å². The smallest absolute Gasteiger partial charge is 0.283 e. The van der Waals surface area contributed by atoms with E-state index in [-0.39, 0.29) is 6.10 Å². The Morgan fingerprint density at radius 1 is 1.46 bits per heavy atom. The minimum atomic E-state index is -0.0153. The molecule has 0 amide bonds. The van der Waals surface area contributed by atoms with Gasteiger partial charge in [0, 0.05) is 5.57 Å². The van der Waals surface area contributed by atoms with Crippen LogP contribution < -0.4 is 0 Å². The second-order valence-corrected chi connectivity index (χ2v) is 3.60. The van der Waals surface area contributed by atoms with Gasteiger partial charge in [-0.3, -0.25) is 0 Å². The molecule has 2 nitrogen and oxygen atoms in total. The fourth-order valence-electron chi connectivity index (χ4n) is 1.52. The van der Waals surface area contributed by atoms with E-state index in [2.05, 4.69) is 6.08 Å². The summed E-state index contributed by atoms with van der Waals surface area (Å²) in [6.07, 6.45) is 7.41. The van der Waals surface area contributed by atoms with Crippen molar-refractivity contribution in [2.75, 3.05) is 12.5 Å². The van der Waals surface area contributed by atoms with Gasteiger partial charge in [0.05, 0.1) is 12.5 Å². The molecule has 2 heterocycles. The van der Waals surface area contributed by atoms with Crippen LogP contribution in [-0.4, -0.2) is 18.6 Å². The van der Waals surface area contributed by atoms with Gasteiger partial charge in [-0.05, 0) is 25.3 Å². The molecule has 0 bridgehead atoms. The summed E-state index contributed by atoms with van der Waals surface area (Å²) in [5, 5.41) is 0. The summed E-state index contributed by atoms with van der Waals surface area (Å²) in [7, 11) is 0. The Balaban J connectivity index is 2.10.